The number of hydrogen-bond donors (Lipinski definition) is 2. The number of nitrogens with two attached hydrogens (primary N) is 1. The maximum atomic E-state index is 8.58. The summed E-state index contributed by atoms with van der Waals surface area (Å²) in [5, 5.41) is 8.58. The molecule has 8 heavy (non-hydrogen) atoms. The zero-order valence-electron chi connectivity index (χ0n) is 5.43. The SMILES string of the molecule is CCC[C@@H](CN)CO. The number of hydrogen-bond acceptors (Lipinski definition) is 2. The van der Waals surface area contributed by atoms with Gasteiger partial charge in [-0.2, -0.15) is 0 Å². The molecule has 0 aromatic rings. The second-order valence-corrected chi connectivity index (χ2v) is 2.07. The molecule has 0 radical (unpaired) electrons. The molecule has 2 heteroatoms. The first-order chi connectivity index (χ1) is 3.85. The molecule has 0 rings (SSSR count). The van der Waals surface area contributed by atoms with Crippen LogP contribution in [0.5, 0.6) is 0 Å². The van der Waals surface area contributed by atoms with E-state index in [4.69, 9.17) is 10.8 Å². The summed E-state index contributed by atoms with van der Waals surface area (Å²) in [4.78, 5) is 0. The van der Waals surface area contributed by atoms with Crippen molar-refractivity contribution in [3.63, 3.8) is 0 Å². The Morgan fingerprint density at radius 2 is 2.25 bits per heavy atom. The molecular formula is C6H15NO. The summed E-state index contributed by atoms with van der Waals surface area (Å²) in [6.07, 6.45) is 2.16. The van der Waals surface area contributed by atoms with Gasteiger partial charge in [-0.1, -0.05) is 13.3 Å². The van der Waals surface area contributed by atoms with E-state index in [0.29, 0.717) is 12.5 Å². The third-order valence-electron chi connectivity index (χ3n) is 1.29. The fourth-order valence-electron chi connectivity index (χ4n) is 0.692. The molecule has 0 fully saturated rings. The van der Waals surface area contributed by atoms with E-state index >= 15 is 0 Å². The molecule has 0 aliphatic carbocycles. The zero-order chi connectivity index (χ0) is 6.41. The van der Waals surface area contributed by atoms with Gasteiger partial charge in [-0.25, -0.2) is 0 Å². The Morgan fingerprint density at radius 3 is 2.38 bits per heavy atom. The smallest absolute Gasteiger partial charge is 0.0471 e. The van der Waals surface area contributed by atoms with Gasteiger partial charge in [0.2, 0.25) is 0 Å². The summed E-state index contributed by atoms with van der Waals surface area (Å²) < 4.78 is 0. The third kappa shape index (κ3) is 2.99. The van der Waals surface area contributed by atoms with Gasteiger partial charge >= 0.3 is 0 Å². The molecule has 0 aromatic carbocycles. The van der Waals surface area contributed by atoms with Crippen LogP contribution in [0.4, 0.5) is 0 Å². The summed E-state index contributed by atoms with van der Waals surface area (Å²) in [5.41, 5.74) is 5.31. The number of rotatable bonds is 4. The largest absolute Gasteiger partial charge is 0.396 e. The van der Waals surface area contributed by atoms with Gasteiger partial charge in [0.25, 0.3) is 0 Å². The van der Waals surface area contributed by atoms with E-state index in [0.717, 1.165) is 12.8 Å². The average molecular weight is 117 g/mol. The van der Waals surface area contributed by atoms with E-state index in [1.54, 1.807) is 0 Å². The van der Waals surface area contributed by atoms with Crippen molar-refractivity contribution in [2.24, 2.45) is 11.7 Å². The van der Waals surface area contributed by atoms with Gasteiger partial charge in [-0.15, -0.1) is 0 Å². The van der Waals surface area contributed by atoms with Crippen LogP contribution < -0.4 is 5.73 Å². The van der Waals surface area contributed by atoms with Crippen LogP contribution in [0.2, 0.25) is 0 Å². The second kappa shape index (κ2) is 5.06. The lowest BCUT2D eigenvalue weighted by molar-refractivity contribution is 0.222. The number of aliphatic hydroxyl groups is 1. The van der Waals surface area contributed by atoms with Crippen molar-refractivity contribution in [1.29, 1.82) is 0 Å². The van der Waals surface area contributed by atoms with Crippen molar-refractivity contribution in [2.45, 2.75) is 19.8 Å². The highest BCUT2D eigenvalue weighted by Crippen LogP contribution is 2.01. The predicted molar refractivity (Wildman–Crippen MR) is 34.5 cm³/mol. The maximum absolute atomic E-state index is 8.58. The van der Waals surface area contributed by atoms with Crippen LogP contribution >= 0.6 is 0 Å². The van der Waals surface area contributed by atoms with Crippen LogP contribution in [0.3, 0.4) is 0 Å². The lowest BCUT2D eigenvalue weighted by Crippen LogP contribution is -2.17. The highest BCUT2D eigenvalue weighted by Gasteiger charge is 2.00. The minimum atomic E-state index is 0.240. The van der Waals surface area contributed by atoms with Gasteiger partial charge in [0.1, 0.15) is 0 Å². The lowest BCUT2D eigenvalue weighted by atomic mass is 10.1. The highest BCUT2D eigenvalue weighted by atomic mass is 16.3. The monoisotopic (exact) mass is 117 g/mol. The van der Waals surface area contributed by atoms with Crippen molar-refractivity contribution in [3.05, 3.63) is 0 Å². The van der Waals surface area contributed by atoms with E-state index < -0.39 is 0 Å². The molecule has 0 spiro atoms. The molecule has 0 amide bonds. The number of aliphatic hydroxyl groups excluding tert-OH is 1. The van der Waals surface area contributed by atoms with Crippen molar-refractivity contribution in [1.82, 2.24) is 0 Å². The molecular weight excluding hydrogens is 102 g/mol. The van der Waals surface area contributed by atoms with Gasteiger partial charge in [0, 0.05) is 6.61 Å². The van der Waals surface area contributed by atoms with E-state index in [-0.39, 0.29) is 6.61 Å². The van der Waals surface area contributed by atoms with Crippen LogP contribution in [-0.2, 0) is 0 Å². The Labute approximate surface area is 50.7 Å². The fraction of sp³-hybridized carbons (Fsp3) is 1.00. The zero-order valence-corrected chi connectivity index (χ0v) is 5.43. The van der Waals surface area contributed by atoms with Gasteiger partial charge in [-0.05, 0) is 18.9 Å². The molecule has 0 aliphatic rings. The van der Waals surface area contributed by atoms with Gasteiger partial charge in [-0.3, -0.25) is 0 Å². The van der Waals surface area contributed by atoms with Crippen molar-refractivity contribution < 1.29 is 5.11 Å². The van der Waals surface area contributed by atoms with Crippen LogP contribution in [-0.4, -0.2) is 18.3 Å². The minimum absolute atomic E-state index is 0.240. The summed E-state index contributed by atoms with van der Waals surface area (Å²) >= 11 is 0. The summed E-state index contributed by atoms with van der Waals surface area (Å²) in [6.45, 7) is 2.95. The lowest BCUT2D eigenvalue weighted by Gasteiger charge is -2.07. The van der Waals surface area contributed by atoms with Crippen molar-refractivity contribution in [2.75, 3.05) is 13.2 Å². The van der Waals surface area contributed by atoms with E-state index in [1.807, 2.05) is 0 Å². The van der Waals surface area contributed by atoms with Crippen LogP contribution in [0.25, 0.3) is 0 Å². The van der Waals surface area contributed by atoms with Crippen LogP contribution in [0.1, 0.15) is 19.8 Å². The molecule has 1 atom stereocenters. The van der Waals surface area contributed by atoms with Crippen LogP contribution in [0, 0.1) is 5.92 Å². The average Bonchev–Trinajstić information content (AvgIpc) is 1.83. The summed E-state index contributed by atoms with van der Waals surface area (Å²) in [7, 11) is 0. The quantitative estimate of drug-likeness (QED) is 0.558. The first kappa shape index (κ1) is 7.92. The molecule has 3 N–H and O–H groups in total. The molecule has 0 heterocycles. The first-order valence-electron chi connectivity index (χ1n) is 3.16. The van der Waals surface area contributed by atoms with E-state index in [1.165, 1.54) is 0 Å². The Balaban J connectivity index is 3.07. The van der Waals surface area contributed by atoms with Gasteiger partial charge in [0.15, 0.2) is 0 Å². The minimum Gasteiger partial charge on any atom is -0.396 e. The van der Waals surface area contributed by atoms with E-state index in [2.05, 4.69) is 6.92 Å². The molecule has 2 nitrogen and oxygen atoms in total. The standard InChI is InChI=1S/C6H15NO/c1-2-3-6(4-7)5-8/h6,8H,2-5,7H2,1H3/t6-/m0/s1. The first-order valence-corrected chi connectivity index (χ1v) is 3.16. The maximum Gasteiger partial charge on any atom is 0.0471 e. The predicted octanol–water partition coefficient (Wildman–Crippen LogP) is 0.354. The second-order valence-electron chi connectivity index (χ2n) is 2.07. The molecule has 0 saturated carbocycles. The van der Waals surface area contributed by atoms with Gasteiger partial charge < -0.3 is 10.8 Å². The van der Waals surface area contributed by atoms with Gasteiger partial charge in [0.05, 0.1) is 0 Å². The fourth-order valence-corrected chi connectivity index (χ4v) is 0.692. The molecule has 0 unspecified atom stereocenters. The molecule has 0 aromatic heterocycles. The molecule has 0 bridgehead atoms. The highest BCUT2D eigenvalue weighted by molar-refractivity contribution is 4.55. The topological polar surface area (TPSA) is 46.2 Å². The molecule has 0 saturated heterocycles. The van der Waals surface area contributed by atoms with Crippen molar-refractivity contribution >= 4 is 0 Å². The normalized spacial score (nSPS) is 13.9. The Kier molecular flexibility index (Phi) is 5.01. The molecule has 0 aliphatic heterocycles. The summed E-state index contributed by atoms with van der Waals surface area (Å²) in [5.74, 6) is 0.333. The summed E-state index contributed by atoms with van der Waals surface area (Å²) in [6, 6.07) is 0. The Hall–Kier alpha value is -0.0800. The third-order valence-corrected chi connectivity index (χ3v) is 1.29. The Morgan fingerprint density at radius 1 is 1.62 bits per heavy atom. The van der Waals surface area contributed by atoms with Crippen LogP contribution in [0.15, 0.2) is 0 Å². The Bertz CT molecular complexity index is 43.8. The van der Waals surface area contributed by atoms with Crippen molar-refractivity contribution in [3.8, 4) is 0 Å². The van der Waals surface area contributed by atoms with E-state index in [9.17, 15) is 0 Å². The molecule has 50 valence electrons.